The summed E-state index contributed by atoms with van der Waals surface area (Å²) in [5, 5.41) is 3.21. The fourth-order valence-electron chi connectivity index (χ4n) is 3.99. The topological polar surface area (TPSA) is 106 Å². The minimum atomic E-state index is -3.79. The zero-order valence-electron chi connectivity index (χ0n) is 19.0. The van der Waals surface area contributed by atoms with Crippen LogP contribution in [-0.4, -0.2) is 44.7 Å². The molecule has 1 aromatic heterocycles. The van der Waals surface area contributed by atoms with E-state index in [-0.39, 0.29) is 4.90 Å². The van der Waals surface area contributed by atoms with Gasteiger partial charge in [-0.1, -0.05) is 0 Å². The average molecular weight is 482 g/mol. The first-order chi connectivity index (χ1) is 16.5. The second-order valence-electron chi connectivity index (χ2n) is 8.35. The quantitative estimate of drug-likeness (QED) is 0.542. The number of ether oxygens (including phenoxy) is 2. The van der Waals surface area contributed by atoms with E-state index in [4.69, 9.17) is 9.47 Å². The first kappa shape index (κ1) is 22.3. The molecule has 2 aromatic carbocycles. The average Bonchev–Trinajstić information content (AvgIpc) is 3.25. The summed E-state index contributed by atoms with van der Waals surface area (Å²) in [6, 6.07) is 13.6. The molecule has 34 heavy (non-hydrogen) atoms. The number of benzene rings is 2. The van der Waals surface area contributed by atoms with Gasteiger partial charge in [0.2, 0.25) is 5.95 Å². The van der Waals surface area contributed by atoms with Crippen molar-refractivity contribution in [3.63, 3.8) is 0 Å². The number of hydrogen-bond acceptors (Lipinski definition) is 8. The van der Waals surface area contributed by atoms with Crippen molar-refractivity contribution in [3.8, 4) is 11.5 Å². The van der Waals surface area contributed by atoms with E-state index in [1.165, 1.54) is 25.0 Å². The molecule has 2 aliphatic rings. The molecule has 3 aromatic rings. The van der Waals surface area contributed by atoms with Gasteiger partial charge in [-0.15, -0.1) is 0 Å². The highest BCUT2D eigenvalue weighted by Crippen LogP contribution is 2.32. The molecule has 0 spiro atoms. The molecule has 1 saturated heterocycles. The predicted octanol–water partition coefficient (Wildman–Crippen LogP) is 4.09. The molecule has 1 fully saturated rings. The third-order valence-electron chi connectivity index (χ3n) is 5.69. The van der Waals surface area contributed by atoms with Crippen molar-refractivity contribution in [2.75, 3.05) is 41.2 Å². The van der Waals surface area contributed by atoms with Gasteiger partial charge >= 0.3 is 0 Å². The van der Waals surface area contributed by atoms with Crippen LogP contribution in [0.4, 0.5) is 23.1 Å². The van der Waals surface area contributed by atoms with Crippen molar-refractivity contribution in [1.82, 2.24) is 9.97 Å². The van der Waals surface area contributed by atoms with Crippen LogP contribution in [0.2, 0.25) is 0 Å². The van der Waals surface area contributed by atoms with Crippen LogP contribution in [0, 0.1) is 6.92 Å². The molecule has 0 saturated carbocycles. The van der Waals surface area contributed by atoms with Gasteiger partial charge in [-0.3, -0.25) is 4.72 Å². The number of anilines is 4. The van der Waals surface area contributed by atoms with Gasteiger partial charge in [-0.25, -0.2) is 13.4 Å². The normalized spacial score (nSPS) is 15.6. The van der Waals surface area contributed by atoms with Gasteiger partial charge in [0, 0.05) is 48.7 Å². The second-order valence-corrected chi connectivity index (χ2v) is 10.0. The lowest BCUT2D eigenvalue weighted by Gasteiger charge is -2.17. The van der Waals surface area contributed by atoms with E-state index < -0.39 is 10.0 Å². The van der Waals surface area contributed by atoms with Gasteiger partial charge in [0.1, 0.15) is 5.82 Å². The third kappa shape index (κ3) is 5.01. The Hall–Kier alpha value is -3.53. The highest BCUT2D eigenvalue weighted by Gasteiger charge is 2.19. The van der Waals surface area contributed by atoms with Crippen LogP contribution in [0.1, 0.15) is 25.0 Å². The fraction of sp³-hybridized carbons (Fsp3) is 0.333. The number of nitrogens with zero attached hydrogens (tertiary/aromatic N) is 3. The van der Waals surface area contributed by atoms with Gasteiger partial charge < -0.3 is 19.7 Å². The maximum absolute atomic E-state index is 12.9. The van der Waals surface area contributed by atoms with E-state index in [1.54, 1.807) is 30.3 Å². The highest BCUT2D eigenvalue weighted by molar-refractivity contribution is 7.92. The van der Waals surface area contributed by atoms with Crippen molar-refractivity contribution in [1.29, 1.82) is 0 Å². The van der Waals surface area contributed by atoms with Crippen LogP contribution in [-0.2, 0) is 10.0 Å². The zero-order chi connectivity index (χ0) is 23.5. The van der Waals surface area contributed by atoms with Gasteiger partial charge in [-0.05, 0) is 56.2 Å². The highest BCUT2D eigenvalue weighted by atomic mass is 32.2. The lowest BCUT2D eigenvalue weighted by Crippen LogP contribution is -2.19. The summed E-state index contributed by atoms with van der Waals surface area (Å²) in [6.07, 6.45) is 3.10. The van der Waals surface area contributed by atoms with E-state index in [2.05, 4.69) is 24.9 Å². The number of rotatable bonds is 6. The second kappa shape index (κ2) is 9.38. The Morgan fingerprint density at radius 1 is 0.853 bits per heavy atom. The molecule has 0 atom stereocenters. The standard InChI is InChI=1S/C24H27N5O4S/c1-17-15-23(29-11-2-3-12-29)27-24(25-17)26-18-5-7-19(8-6-18)28-34(30,31)20-9-10-21-22(16-20)33-14-4-13-32-21/h5-10,15-16,28H,2-4,11-14H2,1H3,(H,25,26,27). The Kier molecular flexibility index (Phi) is 6.14. The minimum absolute atomic E-state index is 0.113. The number of aryl methyl sites for hydroxylation is 1. The van der Waals surface area contributed by atoms with E-state index in [1.807, 2.05) is 13.0 Å². The van der Waals surface area contributed by atoms with Crippen LogP contribution in [0.25, 0.3) is 0 Å². The molecule has 0 aliphatic carbocycles. The maximum Gasteiger partial charge on any atom is 0.262 e. The van der Waals surface area contributed by atoms with Crippen LogP contribution < -0.4 is 24.4 Å². The molecule has 0 unspecified atom stereocenters. The molecular weight excluding hydrogens is 454 g/mol. The van der Waals surface area contributed by atoms with Gasteiger partial charge in [0.15, 0.2) is 11.5 Å². The summed E-state index contributed by atoms with van der Waals surface area (Å²) < 4.78 is 39.6. The summed E-state index contributed by atoms with van der Waals surface area (Å²) >= 11 is 0. The Balaban J connectivity index is 1.29. The SMILES string of the molecule is Cc1cc(N2CCCC2)nc(Nc2ccc(NS(=O)(=O)c3ccc4c(c3)OCCCO4)cc2)n1. The van der Waals surface area contributed by atoms with E-state index in [0.717, 1.165) is 36.7 Å². The molecule has 178 valence electrons. The van der Waals surface area contributed by atoms with Gasteiger partial charge in [0.05, 0.1) is 18.1 Å². The number of aromatic nitrogens is 2. The van der Waals surface area contributed by atoms with Crippen molar-refractivity contribution >= 4 is 33.2 Å². The number of fused-ring (bicyclic) bond motifs is 1. The molecule has 5 rings (SSSR count). The maximum atomic E-state index is 12.9. The largest absolute Gasteiger partial charge is 0.490 e. The molecule has 0 radical (unpaired) electrons. The molecule has 0 amide bonds. The molecule has 3 heterocycles. The Morgan fingerprint density at radius 3 is 2.32 bits per heavy atom. The van der Waals surface area contributed by atoms with Crippen LogP contribution in [0.5, 0.6) is 11.5 Å². The van der Waals surface area contributed by atoms with Gasteiger partial charge in [-0.2, -0.15) is 4.98 Å². The number of nitrogens with one attached hydrogen (secondary N) is 2. The predicted molar refractivity (Wildman–Crippen MR) is 131 cm³/mol. The molecule has 0 bridgehead atoms. The number of hydrogen-bond donors (Lipinski definition) is 2. The molecule has 2 N–H and O–H groups in total. The van der Waals surface area contributed by atoms with E-state index in [0.29, 0.717) is 36.3 Å². The molecule has 2 aliphatic heterocycles. The minimum Gasteiger partial charge on any atom is -0.490 e. The van der Waals surface area contributed by atoms with Crippen LogP contribution in [0.3, 0.4) is 0 Å². The number of sulfonamides is 1. The van der Waals surface area contributed by atoms with Gasteiger partial charge in [0.25, 0.3) is 10.0 Å². The van der Waals surface area contributed by atoms with E-state index in [9.17, 15) is 8.42 Å². The Morgan fingerprint density at radius 2 is 1.56 bits per heavy atom. The zero-order valence-corrected chi connectivity index (χ0v) is 19.8. The third-order valence-corrected chi connectivity index (χ3v) is 7.07. The monoisotopic (exact) mass is 481 g/mol. The lowest BCUT2D eigenvalue weighted by molar-refractivity contribution is 0.297. The molecule has 10 heteroatoms. The van der Waals surface area contributed by atoms with Crippen LogP contribution in [0.15, 0.2) is 53.4 Å². The Bertz CT molecular complexity index is 1280. The summed E-state index contributed by atoms with van der Waals surface area (Å²) in [6.45, 7) is 5.00. The fourth-order valence-corrected chi connectivity index (χ4v) is 5.07. The first-order valence-corrected chi connectivity index (χ1v) is 12.8. The lowest BCUT2D eigenvalue weighted by atomic mass is 10.3. The smallest absolute Gasteiger partial charge is 0.262 e. The summed E-state index contributed by atoms with van der Waals surface area (Å²) in [5.41, 5.74) is 2.09. The summed E-state index contributed by atoms with van der Waals surface area (Å²) in [4.78, 5) is 11.5. The van der Waals surface area contributed by atoms with Crippen molar-refractivity contribution < 1.29 is 17.9 Å². The molecular formula is C24H27N5O4S. The van der Waals surface area contributed by atoms with Crippen molar-refractivity contribution in [2.24, 2.45) is 0 Å². The van der Waals surface area contributed by atoms with Crippen LogP contribution >= 0.6 is 0 Å². The Labute approximate surface area is 199 Å². The van der Waals surface area contributed by atoms with Crippen molar-refractivity contribution in [3.05, 3.63) is 54.2 Å². The van der Waals surface area contributed by atoms with E-state index >= 15 is 0 Å². The summed E-state index contributed by atoms with van der Waals surface area (Å²) in [7, 11) is -3.79. The van der Waals surface area contributed by atoms with Crippen molar-refractivity contribution in [2.45, 2.75) is 31.1 Å². The first-order valence-electron chi connectivity index (χ1n) is 11.4. The molecule has 9 nitrogen and oxygen atoms in total. The summed E-state index contributed by atoms with van der Waals surface area (Å²) in [5.74, 6) is 2.43.